The Morgan fingerprint density at radius 3 is 2.92 bits per heavy atom. The van der Waals surface area contributed by atoms with Gasteiger partial charge >= 0.3 is 0 Å². The van der Waals surface area contributed by atoms with E-state index in [1.807, 2.05) is 0 Å². The van der Waals surface area contributed by atoms with Gasteiger partial charge in [0.15, 0.2) is 0 Å². The lowest BCUT2D eigenvalue weighted by atomic mass is 10.4. The van der Waals surface area contributed by atoms with Crippen molar-refractivity contribution < 1.29 is 9.53 Å². The third-order valence-electron chi connectivity index (χ3n) is 1.54. The van der Waals surface area contributed by atoms with Crippen LogP contribution in [0.1, 0.15) is 6.42 Å². The summed E-state index contributed by atoms with van der Waals surface area (Å²) in [5.74, 6) is -0.00464. The minimum Gasteiger partial charge on any atom is -0.384 e. The van der Waals surface area contributed by atoms with E-state index in [1.165, 1.54) is 4.90 Å². The Bertz CT molecular complexity index is 201. The molecule has 0 aromatic carbocycles. The lowest BCUT2D eigenvalue weighted by Gasteiger charge is -2.15. The zero-order valence-corrected chi connectivity index (χ0v) is 7.93. The Balaban J connectivity index is 3.62. The van der Waals surface area contributed by atoms with Gasteiger partial charge in [-0.15, -0.1) is 0 Å². The van der Waals surface area contributed by atoms with Gasteiger partial charge in [0.25, 0.3) is 0 Å². The summed E-state index contributed by atoms with van der Waals surface area (Å²) >= 11 is 0. The standard InChI is InChI=1S/C7H14N4O2/c1-11(5-4-9-10-8)7(12)3-6-13-2/h3-6H2,1-2H3. The van der Waals surface area contributed by atoms with Crippen LogP contribution in [0.15, 0.2) is 5.11 Å². The van der Waals surface area contributed by atoms with Gasteiger partial charge in [0.2, 0.25) is 5.91 Å². The molecular formula is C7H14N4O2. The number of azide groups is 1. The summed E-state index contributed by atoms with van der Waals surface area (Å²) in [6.07, 6.45) is 0.364. The van der Waals surface area contributed by atoms with Gasteiger partial charge in [-0.3, -0.25) is 4.79 Å². The number of hydrogen-bond acceptors (Lipinski definition) is 3. The molecular weight excluding hydrogens is 172 g/mol. The second-order valence-electron chi connectivity index (χ2n) is 2.51. The highest BCUT2D eigenvalue weighted by atomic mass is 16.5. The first-order valence-corrected chi connectivity index (χ1v) is 3.96. The van der Waals surface area contributed by atoms with Crippen LogP contribution in [-0.2, 0) is 9.53 Å². The number of likely N-dealkylation sites (N-methyl/N-ethyl adjacent to an activating group) is 1. The van der Waals surface area contributed by atoms with E-state index in [0.717, 1.165) is 0 Å². The minimum atomic E-state index is -0.00464. The van der Waals surface area contributed by atoms with Gasteiger partial charge in [-0.1, -0.05) is 5.11 Å². The quantitative estimate of drug-likeness (QED) is 0.349. The zero-order valence-electron chi connectivity index (χ0n) is 7.93. The lowest BCUT2D eigenvalue weighted by molar-refractivity contribution is -0.130. The first-order valence-electron chi connectivity index (χ1n) is 3.96. The van der Waals surface area contributed by atoms with Crippen LogP contribution in [0.4, 0.5) is 0 Å². The van der Waals surface area contributed by atoms with Crippen molar-refractivity contribution in [3.8, 4) is 0 Å². The van der Waals surface area contributed by atoms with Gasteiger partial charge < -0.3 is 9.64 Å². The van der Waals surface area contributed by atoms with Gasteiger partial charge in [0.05, 0.1) is 13.0 Å². The molecule has 0 aromatic rings. The molecule has 0 aliphatic rings. The lowest BCUT2D eigenvalue weighted by Crippen LogP contribution is -2.29. The van der Waals surface area contributed by atoms with Crippen LogP contribution in [0.25, 0.3) is 10.4 Å². The highest BCUT2D eigenvalue weighted by Crippen LogP contribution is 1.91. The molecule has 0 radical (unpaired) electrons. The normalized spacial score (nSPS) is 9.08. The van der Waals surface area contributed by atoms with E-state index < -0.39 is 0 Å². The summed E-state index contributed by atoms with van der Waals surface area (Å²) in [6, 6.07) is 0. The van der Waals surface area contributed by atoms with E-state index in [2.05, 4.69) is 10.0 Å². The molecule has 74 valence electrons. The van der Waals surface area contributed by atoms with Crippen LogP contribution in [0.5, 0.6) is 0 Å². The van der Waals surface area contributed by atoms with Gasteiger partial charge in [-0.2, -0.15) is 0 Å². The monoisotopic (exact) mass is 186 g/mol. The molecule has 0 unspecified atom stereocenters. The van der Waals surface area contributed by atoms with E-state index in [0.29, 0.717) is 26.1 Å². The number of amides is 1. The number of methoxy groups -OCH3 is 1. The van der Waals surface area contributed by atoms with Gasteiger partial charge in [0.1, 0.15) is 0 Å². The fourth-order valence-electron chi connectivity index (χ4n) is 0.744. The first kappa shape index (κ1) is 11.7. The van der Waals surface area contributed by atoms with Crippen molar-refractivity contribution in [2.45, 2.75) is 6.42 Å². The molecule has 0 spiro atoms. The number of ether oxygens (including phenoxy) is 1. The summed E-state index contributed by atoms with van der Waals surface area (Å²) < 4.78 is 4.76. The Kier molecular flexibility index (Phi) is 6.68. The fraction of sp³-hybridized carbons (Fsp3) is 0.857. The second kappa shape index (κ2) is 7.39. The first-order chi connectivity index (χ1) is 6.22. The molecule has 0 N–H and O–H groups in total. The van der Waals surface area contributed by atoms with Crippen LogP contribution >= 0.6 is 0 Å². The molecule has 0 saturated heterocycles. The van der Waals surface area contributed by atoms with Crippen LogP contribution in [0.2, 0.25) is 0 Å². The van der Waals surface area contributed by atoms with Crippen LogP contribution < -0.4 is 0 Å². The predicted octanol–water partition coefficient (Wildman–Crippen LogP) is 0.792. The van der Waals surface area contributed by atoms with Crippen LogP contribution in [0, 0.1) is 0 Å². The second-order valence-corrected chi connectivity index (χ2v) is 2.51. The molecule has 0 bridgehead atoms. The molecule has 13 heavy (non-hydrogen) atoms. The molecule has 0 heterocycles. The Hall–Kier alpha value is -1.26. The van der Waals surface area contributed by atoms with E-state index in [9.17, 15) is 4.79 Å². The number of rotatable bonds is 6. The molecule has 6 nitrogen and oxygen atoms in total. The van der Waals surface area contributed by atoms with Crippen molar-refractivity contribution in [3.63, 3.8) is 0 Å². The Morgan fingerprint density at radius 1 is 1.69 bits per heavy atom. The molecule has 0 rings (SSSR count). The largest absolute Gasteiger partial charge is 0.384 e. The van der Waals surface area contributed by atoms with E-state index in [1.54, 1.807) is 14.2 Å². The molecule has 0 fully saturated rings. The number of hydrogen-bond donors (Lipinski definition) is 0. The number of nitrogens with zero attached hydrogens (tertiary/aromatic N) is 4. The highest BCUT2D eigenvalue weighted by Gasteiger charge is 2.06. The summed E-state index contributed by atoms with van der Waals surface area (Å²) in [5.41, 5.74) is 7.99. The maximum absolute atomic E-state index is 11.2. The van der Waals surface area contributed by atoms with E-state index >= 15 is 0 Å². The third kappa shape index (κ3) is 5.95. The molecule has 0 aliphatic carbocycles. The fourth-order valence-corrected chi connectivity index (χ4v) is 0.744. The average Bonchev–Trinajstić information content (AvgIpc) is 2.14. The summed E-state index contributed by atoms with van der Waals surface area (Å²) in [4.78, 5) is 15.3. The van der Waals surface area contributed by atoms with Crippen molar-refractivity contribution in [3.05, 3.63) is 10.4 Å². The highest BCUT2D eigenvalue weighted by molar-refractivity contribution is 5.75. The minimum absolute atomic E-state index is 0.00464. The van der Waals surface area contributed by atoms with Gasteiger partial charge in [-0.25, -0.2) is 0 Å². The summed E-state index contributed by atoms with van der Waals surface area (Å²) in [6.45, 7) is 1.18. The molecule has 1 amide bonds. The van der Waals surface area contributed by atoms with Crippen molar-refractivity contribution in [1.82, 2.24) is 4.90 Å². The topological polar surface area (TPSA) is 78.3 Å². The zero-order chi connectivity index (χ0) is 10.1. The maximum atomic E-state index is 11.2. The molecule has 0 saturated carbocycles. The molecule has 0 aromatic heterocycles. The smallest absolute Gasteiger partial charge is 0.224 e. The molecule has 0 atom stereocenters. The van der Waals surface area contributed by atoms with Crippen molar-refractivity contribution in [2.75, 3.05) is 33.9 Å². The van der Waals surface area contributed by atoms with Gasteiger partial charge in [-0.05, 0) is 5.53 Å². The average molecular weight is 186 g/mol. The Morgan fingerprint density at radius 2 is 2.38 bits per heavy atom. The number of carbonyl (C=O) groups is 1. The molecule has 6 heteroatoms. The van der Waals surface area contributed by atoms with Crippen LogP contribution in [0.3, 0.4) is 0 Å². The molecule has 0 aliphatic heterocycles. The maximum Gasteiger partial charge on any atom is 0.224 e. The predicted molar refractivity (Wildman–Crippen MR) is 48.1 cm³/mol. The van der Waals surface area contributed by atoms with Gasteiger partial charge in [0, 0.05) is 32.2 Å². The SMILES string of the molecule is COCCC(=O)N(C)CCN=[N+]=[N-]. The Labute approximate surface area is 77.1 Å². The van der Waals surface area contributed by atoms with Crippen LogP contribution in [-0.4, -0.2) is 44.7 Å². The summed E-state index contributed by atoms with van der Waals surface area (Å²) in [5, 5.41) is 3.33. The van der Waals surface area contributed by atoms with Crippen molar-refractivity contribution in [2.24, 2.45) is 5.11 Å². The van der Waals surface area contributed by atoms with E-state index in [-0.39, 0.29) is 5.91 Å². The van der Waals surface area contributed by atoms with Crippen molar-refractivity contribution in [1.29, 1.82) is 0 Å². The van der Waals surface area contributed by atoms with E-state index in [4.69, 9.17) is 10.3 Å². The summed E-state index contributed by atoms with van der Waals surface area (Å²) in [7, 11) is 3.22. The number of carbonyl (C=O) groups excluding carboxylic acids is 1. The van der Waals surface area contributed by atoms with Crippen molar-refractivity contribution >= 4 is 5.91 Å². The third-order valence-corrected chi connectivity index (χ3v) is 1.54.